The maximum Gasteiger partial charge on any atom is 0.183 e. The van der Waals surface area contributed by atoms with Gasteiger partial charge < -0.3 is 5.32 Å². The largest absolute Gasteiger partial charge is 0.365 e. The Morgan fingerprint density at radius 3 is 2.65 bits per heavy atom. The highest BCUT2D eigenvalue weighted by Gasteiger charge is 2.15. The van der Waals surface area contributed by atoms with Gasteiger partial charge in [-0.1, -0.05) is 19.3 Å². The van der Waals surface area contributed by atoms with Crippen LogP contribution in [0, 0.1) is 0 Å². The molecule has 2 heterocycles. The van der Waals surface area contributed by atoms with Crippen molar-refractivity contribution in [2.45, 2.75) is 38.1 Å². The molecule has 0 saturated heterocycles. The van der Waals surface area contributed by atoms with Crippen LogP contribution in [0.5, 0.6) is 0 Å². The Bertz CT molecular complexity index is 502. The van der Waals surface area contributed by atoms with E-state index in [0.717, 1.165) is 11.3 Å². The number of aromatic nitrogens is 4. The standard InChI is InChI=1S/C12H15N5/c1-2-4-9(5-3-1)17-12-10-11(15-8-16-12)14-7-6-13-10/h6-9H,1-5H2,(H,14,15,16,17). The normalized spacial score (nSPS) is 17.2. The minimum Gasteiger partial charge on any atom is -0.365 e. The summed E-state index contributed by atoms with van der Waals surface area (Å²) in [5.41, 5.74) is 1.42. The first-order valence-electron chi connectivity index (χ1n) is 6.12. The second-order valence-corrected chi connectivity index (χ2v) is 4.43. The van der Waals surface area contributed by atoms with Crippen molar-refractivity contribution in [1.82, 2.24) is 19.9 Å². The highest BCUT2D eigenvalue weighted by Crippen LogP contribution is 2.22. The van der Waals surface area contributed by atoms with E-state index in [1.165, 1.54) is 32.1 Å². The van der Waals surface area contributed by atoms with Gasteiger partial charge in [-0.3, -0.25) is 0 Å². The van der Waals surface area contributed by atoms with E-state index in [4.69, 9.17) is 0 Å². The maximum absolute atomic E-state index is 4.30. The van der Waals surface area contributed by atoms with E-state index in [1.54, 1.807) is 18.7 Å². The molecule has 1 fully saturated rings. The molecule has 0 unspecified atom stereocenters. The fourth-order valence-corrected chi connectivity index (χ4v) is 2.34. The molecule has 2 aromatic heterocycles. The molecular weight excluding hydrogens is 214 g/mol. The number of hydrogen-bond donors (Lipinski definition) is 1. The molecule has 3 rings (SSSR count). The zero-order valence-electron chi connectivity index (χ0n) is 9.63. The van der Waals surface area contributed by atoms with Gasteiger partial charge in [-0.2, -0.15) is 0 Å². The molecule has 17 heavy (non-hydrogen) atoms. The van der Waals surface area contributed by atoms with Gasteiger partial charge in [0.15, 0.2) is 11.5 Å². The molecule has 2 aromatic rings. The summed E-state index contributed by atoms with van der Waals surface area (Å²) in [6.45, 7) is 0. The van der Waals surface area contributed by atoms with Crippen molar-refractivity contribution in [1.29, 1.82) is 0 Å². The quantitative estimate of drug-likeness (QED) is 0.855. The van der Waals surface area contributed by atoms with Crippen molar-refractivity contribution in [2.24, 2.45) is 0 Å². The summed E-state index contributed by atoms with van der Waals surface area (Å²) in [5, 5.41) is 3.47. The predicted molar refractivity (Wildman–Crippen MR) is 65.6 cm³/mol. The number of anilines is 1. The summed E-state index contributed by atoms with van der Waals surface area (Å²) in [5.74, 6) is 0.815. The van der Waals surface area contributed by atoms with Crippen LogP contribution in [0.25, 0.3) is 11.2 Å². The third kappa shape index (κ3) is 2.18. The van der Waals surface area contributed by atoms with Gasteiger partial charge in [-0.25, -0.2) is 19.9 Å². The highest BCUT2D eigenvalue weighted by atomic mass is 15.1. The van der Waals surface area contributed by atoms with Crippen LogP contribution in [-0.2, 0) is 0 Å². The second-order valence-electron chi connectivity index (χ2n) is 4.43. The fourth-order valence-electron chi connectivity index (χ4n) is 2.34. The van der Waals surface area contributed by atoms with Crippen LogP contribution in [0.4, 0.5) is 5.82 Å². The third-order valence-corrected chi connectivity index (χ3v) is 3.22. The number of hydrogen-bond acceptors (Lipinski definition) is 5. The van der Waals surface area contributed by atoms with Crippen molar-refractivity contribution >= 4 is 17.0 Å². The van der Waals surface area contributed by atoms with Gasteiger partial charge in [0.2, 0.25) is 0 Å². The summed E-state index contributed by atoms with van der Waals surface area (Å²) < 4.78 is 0. The number of nitrogens with one attached hydrogen (secondary N) is 1. The minimum absolute atomic E-state index is 0.517. The van der Waals surface area contributed by atoms with Gasteiger partial charge >= 0.3 is 0 Å². The van der Waals surface area contributed by atoms with Gasteiger partial charge in [-0.05, 0) is 12.8 Å². The average molecular weight is 229 g/mol. The van der Waals surface area contributed by atoms with E-state index in [1.807, 2.05) is 0 Å². The van der Waals surface area contributed by atoms with Crippen molar-refractivity contribution in [3.8, 4) is 0 Å². The zero-order valence-corrected chi connectivity index (χ0v) is 9.63. The lowest BCUT2D eigenvalue weighted by atomic mass is 9.95. The molecule has 0 spiro atoms. The zero-order chi connectivity index (χ0) is 11.5. The van der Waals surface area contributed by atoms with Crippen LogP contribution in [0.2, 0.25) is 0 Å². The van der Waals surface area contributed by atoms with Crippen LogP contribution in [0.1, 0.15) is 32.1 Å². The Kier molecular flexibility index (Phi) is 2.81. The van der Waals surface area contributed by atoms with E-state index in [0.29, 0.717) is 11.7 Å². The third-order valence-electron chi connectivity index (χ3n) is 3.22. The van der Waals surface area contributed by atoms with E-state index >= 15 is 0 Å². The Labute approximate surface area is 99.7 Å². The van der Waals surface area contributed by atoms with Crippen LogP contribution in [-0.4, -0.2) is 26.0 Å². The Balaban J connectivity index is 1.89. The molecule has 0 bridgehead atoms. The summed E-state index contributed by atoms with van der Waals surface area (Å²) in [7, 11) is 0. The van der Waals surface area contributed by atoms with Gasteiger partial charge in [-0.15, -0.1) is 0 Å². The summed E-state index contributed by atoms with van der Waals surface area (Å²) >= 11 is 0. The molecule has 1 aliphatic rings. The first-order chi connectivity index (χ1) is 8.43. The van der Waals surface area contributed by atoms with Crippen molar-refractivity contribution in [3.05, 3.63) is 18.7 Å². The van der Waals surface area contributed by atoms with Gasteiger partial charge in [0, 0.05) is 18.4 Å². The molecule has 1 saturated carbocycles. The topological polar surface area (TPSA) is 63.6 Å². The van der Waals surface area contributed by atoms with Crippen LogP contribution in [0.3, 0.4) is 0 Å². The molecule has 0 radical (unpaired) electrons. The fraction of sp³-hybridized carbons (Fsp3) is 0.500. The molecule has 0 atom stereocenters. The van der Waals surface area contributed by atoms with Crippen LogP contribution in [0.15, 0.2) is 18.7 Å². The number of fused-ring (bicyclic) bond motifs is 1. The smallest absolute Gasteiger partial charge is 0.183 e. The number of rotatable bonds is 2. The highest BCUT2D eigenvalue weighted by molar-refractivity contribution is 5.81. The van der Waals surface area contributed by atoms with Gasteiger partial charge in [0.1, 0.15) is 11.8 Å². The Morgan fingerprint density at radius 2 is 1.76 bits per heavy atom. The summed E-state index contributed by atoms with van der Waals surface area (Å²) in [6, 6.07) is 0.517. The molecular formula is C12H15N5. The lowest BCUT2D eigenvalue weighted by molar-refractivity contribution is 0.462. The van der Waals surface area contributed by atoms with Crippen LogP contribution < -0.4 is 5.32 Å². The van der Waals surface area contributed by atoms with Crippen molar-refractivity contribution < 1.29 is 0 Å². The van der Waals surface area contributed by atoms with Crippen LogP contribution >= 0.6 is 0 Å². The molecule has 1 aliphatic carbocycles. The molecule has 0 aromatic carbocycles. The number of nitrogens with zero attached hydrogens (tertiary/aromatic N) is 4. The molecule has 5 nitrogen and oxygen atoms in total. The van der Waals surface area contributed by atoms with E-state index in [2.05, 4.69) is 25.3 Å². The Morgan fingerprint density at radius 1 is 0.941 bits per heavy atom. The first-order valence-corrected chi connectivity index (χ1v) is 6.12. The second kappa shape index (κ2) is 4.61. The summed E-state index contributed by atoms with van der Waals surface area (Å²) in [6.07, 6.45) is 11.2. The van der Waals surface area contributed by atoms with E-state index in [-0.39, 0.29) is 0 Å². The van der Waals surface area contributed by atoms with Gasteiger partial charge in [0.05, 0.1) is 0 Å². The lowest BCUT2D eigenvalue weighted by Crippen LogP contribution is -2.23. The monoisotopic (exact) mass is 229 g/mol. The average Bonchev–Trinajstić information content (AvgIpc) is 2.40. The SMILES string of the molecule is c1cnc2c(NC3CCCCC3)ncnc2n1. The molecule has 88 valence electrons. The molecule has 5 heteroatoms. The molecule has 1 N–H and O–H groups in total. The molecule has 0 aliphatic heterocycles. The minimum atomic E-state index is 0.517. The summed E-state index contributed by atoms with van der Waals surface area (Å²) in [4.78, 5) is 16.9. The lowest BCUT2D eigenvalue weighted by Gasteiger charge is -2.23. The Hall–Kier alpha value is -1.78. The van der Waals surface area contributed by atoms with Crippen molar-refractivity contribution in [2.75, 3.05) is 5.32 Å². The first kappa shape index (κ1) is 10.4. The van der Waals surface area contributed by atoms with E-state index in [9.17, 15) is 0 Å². The van der Waals surface area contributed by atoms with Crippen molar-refractivity contribution in [3.63, 3.8) is 0 Å². The predicted octanol–water partition coefficient (Wildman–Crippen LogP) is 2.16. The maximum atomic E-state index is 4.30. The van der Waals surface area contributed by atoms with Gasteiger partial charge in [0.25, 0.3) is 0 Å². The molecule has 0 amide bonds. The van der Waals surface area contributed by atoms with E-state index < -0.39 is 0 Å².